The average molecular weight is 389 g/mol. The maximum absolute atomic E-state index is 13.7. The van der Waals surface area contributed by atoms with Gasteiger partial charge in [0, 0.05) is 8.07 Å². The van der Waals surface area contributed by atoms with Crippen molar-refractivity contribution in [3.05, 3.63) is 65.2 Å². The summed E-state index contributed by atoms with van der Waals surface area (Å²) in [5.41, 5.74) is 3.20. The predicted octanol–water partition coefficient (Wildman–Crippen LogP) is 5.76. The van der Waals surface area contributed by atoms with Crippen molar-refractivity contribution in [1.82, 2.24) is 0 Å². The molecule has 1 unspecified atom stereocenters. The summed E-state index contributed by atoms with van der Waals surface area (Å²) in [5.74, 6) is -0.0448. The molecule has 0 amide bonds. The summed E-state index contributed by atoms with van der Waals surface area (Å²) < 4.78 is 26.5. The molecule has 0 saturated heterocycles. The minimum Gasteiger partial charge on any atom is -0.223 e. The van der Waals surface area contributed by atoms with Gasteiger partial charge in [0.15, 0.2) is 9.84 Å². The zero-order valence-electron chi connectivity index (χ0n) is 17.1. The average Bonchev–Trinajstić information content (AvgIpc) is 2.53. The Hall–Kier alpha value is -1.39. The zero-order valence-corrected chi connectivity index (χ0v) is 18.9. The van der Waals surface area contributed by atoms with Crippen molar-refractivity contribution in [3.8, 4) is 0 Å². The lowest BCUT2D eigenvalue weighted by molar-refractivity contribution is 0.436. The van der Waals surface area contributed by atoms with E-state index in [-0.39, 0.29) is 5.92 Å². The van der Waals surface area contributed by atoms with Gasteiger partial charge in [0.1, 0.15) is 4.75 Å². The van der Waals surface area contributed by atoms with Crippen LogP contribution in [0.25, 0.3) is 0 Å². The Morgan fingerprint density at radius 1 is 0.962 bits per heavy atom. The molecule has 0 aromatic heterocycles. The number of aryl methyl sites for hydroxylation is 1. The highest BCUT2D eigenvalue weighted by atomic mass is 32.2. The van der Waals surface area contributed by atoms with Crippen LogP contribution in [0.4, 0.5) is 0 Å². The van der Waals surface area contributed by atoms with Gasteiger partial charge in [-0.1, -0.05) is 75.5 Å². The highest BCUT2D eigenvalue weighted by Crippen LogP contribution is 2.43. The molecular formula is C22H32O2SSi. The number of sulfone groups is 1. The normalized spacial score (nSPS) is 15.1. The van der Waals surface area contributed by atoms with Crippen LogP contribution in [0.3, 0.4) is 0 Å². The van der Waals surface area contributed by atoms with Crippen molar-refractivity contribution < 1.29 is 8.42 Å². The van der Waals surface area contributed by atoms with Gasteiger partial charge in [-0.3, -0.25) is 0 Å². The Bertz CT molecular complexity index is 862. The van der Waals surface area contributed by atoms with Crippen LogP contribution in [-0.4, -0.2) is 16.5 Å². The minimum absolute atomic E-state index is 0.0448. The van der Waals surface area contributed by atoms with E-state index in [1.807, 2.05) is 58.0 Å². The largest absolute Gasteiger partial charge is 0.223 e. The molecule has 2 nitrogen and oxygen atoms in total. The molecule has 1 atom stereocenters. The quantitative estimate of drug-likeness (QED) is 0.590. The molecule has 0 saturated carbocycles. The first-order valence-corrected chi connectivity index (χ1v) is 14.5. The molecule has 0 N–H and O–H groups in total. The fourth-order valence-electron chi connectivity index (χ4n) is 3.46. The van der Waals surface area contributed by atoms with Crippen molar-refractivity contribution in [2.75, 3.05) is 0 Å². The van der Waals surface area contributed by atoms with E-state index < -0.39 is 22.7 Å². The first kappa shape index (κ1) is 20.9. The number of rotatable bonds is 6. The van der Waals surface area contributed by atoms with Crippen LogP contribution in [0.2, 0.25) is 19.6 Å². The molecule has 0 aliphatic heterocycles. The first-order chi connectivity index (χ1) is 11.9. The summed E-state index contributed by atoms with van der Waals surface area (Å²) in [6, 6.07) is 16.3. The molecule has 2 rings (SSSR count). The third-order valence-corrected chi connectivity index (χ3v) is 9.41. The summed E-state index contributed by atoms with van der Waals surface area (Å²) in [6.07, 6.45) is 0. The molecule has 0 fully saturated rings. The molecule has 0 radical (unpaired) electrons. The van der Waals surface area contributed by atoms with Gasteiger partial charge in [0.2, 0.25) is 0 Å². The Kier molecular flexibility index (Phi) is 5.89. The van der Waals surface area contributed by atoms with E-state index in [0.29, 0.717) is 4.90 Å². The van der Waals surface area contributed by atoms with E-state index in [2.05, 4.69) is 25.7 Å². The van der Waals surface area contributed by atoms with E-state index in [1.54, 1.807) is 12.1 Å². The fourth-order valence-corrected chi connectivity index (χ4v) is 7.00. The van der Waals surface area contributed by atoms with E-state index in [0.717, 1.165) is 17.2 Å². The highest BCUT2D eigenvalue weighted by molar-refractivity contribution is 7.92. The molecule has 0 aliphatic rings. The molecule has 0 spiro atoms. The smallest absolute Gasteiger partial charge is 0.188 e. The molecule has 4 heteroatoms. The minimum atomic E-state index is -3.53. The van der Waals surface area contributed by atoms with Crippen molar-refractivity contribution in [2.45, 2.75) is 63.0 Å². The summed E-state index contributed by atoms with van der Waals surface area (Å²) >= 11 is 0. The summed E-state index contributed by atoms with van der Waals surface area (Å²) in [4.78, 5) is 0.405. The highest BCUT2D eigenvalue weighted by Gasteiger charge is 2.45. The lowest BCUT2D eigenvalue weighted by Crippen LogP contribution is -2.39. The van der Waals surface area contributed by atoms with Gasteiger partial charge >= 0.3 is 0 Å². The van der Waals surface area contributed by atoms with Gasteiger partial charge in [-0.15, -0.1) is 0 Å². The number of hydrogen-bond donors (Lipinski definition) is 0. The van der Waals surface area contributed by atoms with Crippen molar-refractivity contribution >= 4 is 17.9 Å². The predicted molar refractivity (Wildman–Crippen MR) is 114 cm³/mol. The molecule has 26 heavy (non-hydrogen) atoms. The zero-order chi connectivity index (χ0) is 19.8. The van der Waals surface area contributed by atoms with Crippen molar-refractivity contribution in [2.24, 2.45) is 5.92 Å². The molecular weight excluding hydrogens is 356 g/mol. The van der Waals surface area contributed by atoms with Gasteiger partial charge < -0.3 is 0 Å². The third-order valence-electron chi connectivity index (χ3n) is 5.26. The van der Waals surface area contributed by atoms with Gasteiger partial charge in [0.25, 0.3) is 0 Å². The first-order valence-electron chi connectivity index (χ1n) is 9.29. The van der Waals surface area contributed by atoms with E-state index in [1.165, 1.54) is 5.56 Å². The Morgan fingerprint density at radius 2 is 1.50 bits per heavy atom. The molecule has 2 aromatic rings. The Balaban J connectivity index is 2.71. The Labute approximate surface area is 160 Å². The van der Waals surface area contributed by atoms with Crippen LogP contribution in [0.1, 0.15) is 37.5 Å². The second kappa shape index (κ2) is 7.32. The maximum Gasteiger partial charge on any atom is 0.188 e. The van der Waals surface area contributed by atoms with Gasteiger partial charge in [0.05, 0.1) is 4.90 Å². The lowest BCUT2D eigenvalue weighted by Gasteiger charge is -2.36. The standard InChI is InChI=1S/C22H32O2SSi/c1-17(2)22(4,25(23,24)20-14-12-18(3)13-15-20)21-11-9-8-10-19(21)16-26(5,6)7/h8-15,17H,16H2,1-7H3. The monoisotopic (exact) mass is 388 g/mol. The van der Waals surface area contributed by atoms with Gasteiger partial charge in [-0.25, -0.2) is 8.42 Å². The van der Waals surface area contributed by atoms with Crippen LogP contribution < -0.4 is 0 Å². The summed E-state index contributed by atoms with van der Waals surface area (Å²) in [6.45, 7) is 14.9. The number of benzene rings is 2. The van der Waals surface area contributed by atoms with Crippen LogP contribution >= 0.6 is 0 Å². The summed E-state index contributed by atoms with van der Waals surface area (Å²) in [7, 11) is -4.92. The fraction of sp³-hybridized carbons (Fsp3) is 0.455. The SMILES string of the molecule is Cc1ccc(S(=O)(=O)C(C)(c2ccccc2C[Si](C)(C)C)C(C)C)cc1. The second-order valence-electron chi connectivity index (χ2n) is 8.97. The Morgan fingerprint density at radius 3 is 2.00 bits per heavy atom. The molecule has 0 heterocycles. The molecule has 2 aromatic carbocycles. The van der Waals surface area contributed by atoms with Crippen LogP contribution in [-0.2, 0) is 20.6 Å². The number of hydrogen-bond acceptors (Lipinski definition) is 2. The molecule has 0 bridgehead atoms. The maximum atomic E-state index is 13.7. The third kappa shape index (κ3) is 3.96. The topological polar surface area (TPSA) is 34.1 Å². The van der Waals surface area contributed by atoms with E-state index in [4.69, 9.17) is 0 Å². The van der Waals surface area contributed by atoms with Crippen LogP contribution in [0.15, 0.2) is 53.4 Å². The van der Waals surface area contributed by atoms with E-state index in [9.17, 15) is 8.42 Å². The second-order valence-corrected chi connectivity index (χ2v) is 16.8. The van der Waals surface area contributed by atoms with E-state index >= 15 is 0 Å². The van der Waals surface area contributed by atoms with Crippen LogP contribution in [0.5, 0.6) is 0 Å². The van der Waals surface area contributed by atoms with Gasteiger partial charge in [-0.2, -0.15) is 0 Å². The van der Waals surface area contributed by atoms with Crippen molar-refractivity contribution in [3.63, 3.8) is 0 Å². The molecule has 142 valence electrons. The lowest BCUT2D eigenvalue weighted by atomic mass is 9.86. The summed E-state index contributed by atoms with van der Waals surface area (Å²) in [5, 5.41) is 0. The van der Waals surface area contributed by atoms with Gasteiger partial charge in [-0.05, 0) is 49.1 Å². The van der Waals surface area contributed by atoms with Crippen LogP contribution in [0, 0.1) is 12.8 Å². The molecule has 0 aliphatic carbocycles. The van der Waals surface area contributed by atoms with Crippen molar-refractivity contribution in [1.29, 1.82) is 0 Å².